The van der Waals surface area contributed by atoms with E-state index >= 15 is 0 Å². The highest BCUT2D eigenvalue weighted by Gasteiger charge is 2.23. The van der Waals surface area contributed by atoms with Gasteiger partial charge in [-0.1, -0.05) is 6.08 Å². The molecule has 3 N–H and O–H groups in total. The predicted octanol–water partition coefficient (Wildman–Crippen LogP) is 0.227. The van der Waals surface area contributed by atoms with E-state index < -0.39 is 18.4 Å². The van der Waals surface area contributed by atoms with E-state index in [1.807, 2.05) is 0 Å². The van der Waals surface area contributed by atoms with Crippen molar-refractivity contribution < 1.29 is 14.2 Å². The van der Waals surface area contributed by atoms with Crippen LogP contribution in [0.2, 0.25) is 0 Å². The number of nitrogens with zero attached hydrogens (tertiary/aromatic N) is 2. The summed E-state index contributed by atoms with van der Waals surface area (Å²) in [6, 6.07) is 1.52. The second-order valence-corrected chi connectivity index (χ2v) is 7.99. The minimum Gasteiger partial charge on any atom is -0.383 e. The first kappa shape index (κ1) is 14.4. The van der Waals surface area contributed by atoms with Crippen LogP contribution in [0.15, 0.2) is 29.2 Å². The minimum absolute atomic E-state index is 0.147. The molecular formula is C10H14N3O4PS. The topological polar surface area (TPSA) is 99.6 Å². The predicted molar refractivity (Wildman–Crippen MR) is 74.3 cm³/mol. The van der Waals surface area contributed by atoms with Gasteiger partial charge in [-0.25, -0.2) is 4.79 Å². The van der Waals surface area contributed by atoms with Crippen molar-refractivity contribution >= 4 is 24.1 Å². The molecule has 0 fully saturated rings. The van der Waals surface area contributed by atoms with Crippen LogP contribution in [0.25, 0.3) is 0 Å². The summed E-state index contributed by atoms with van der Waals surface area (Å²) in [5.74, 6) is 0.162. The number of ether oxygens (including phenoxy) is 1. The van der Waals surface area contributed by atoms with E-state index in [0.717, 1.165) is 0 Å². The van der Waals surface area contributed by atoms with E-state index in [2.05, 4.69) is 4.98 Å². The molecule has 0 radical (unpaired) electrons. The lowest BCUT2D eigenvalue weighted by Crippen LogP contribution is -2.28. The Labute approximate surface area is 114 Å². The number of nitrogens with two attached hydrogens (primary N) is 1. The number of hydrogen-bond acceptors (Lipinski definition) is 6. The van der Waals surface area contributed by atoms with E-state index in [1.165, 1.54) is 23.5 Å². The van der Waals surface area contributed by atoms with E-state index in [4.69, 9.17) is 26.8 Å². The molecule has 7 nitrogen and oxygen atoms in total. The molecule has 0 saturated heterocycles. The Morgan fingerprint density at radius 3 is 3.05 bits per heavy atom. The molecule has 0 aromatic carbocycles. The zero-order valence-electron chi connectivity index (χ0n) is 10.2. The molecule has 0 aliphatic carbocycles. The Kier molecular flexibility index (Phi) is 4.17. The fourth-order valence-electron chi connectivity index (χ4n) is 1.57. The maximum absolute atomic E-state index is 11.6. The molecule has 1 aliphatic rings. The highest BCUT2D eigenvalue weighted by atomic mass is 32.5. The van der Waals surface area contributed by atoms with Crippen molar-refractivity contribution in [3.63, 3.8) is 0 Å². The molecule has 2 rings (SSSR count). The van der Waals surface area contributed by atoms with Crippen LogP contribution in [-0.2, 0) is 21.1 Å². The Bertz CT molecular complexity index is 597. The van der Waals surface area contributed by atoms with Crippen molar-refractivity contribution in [2.45, 2.75) is 12.3 Å². The number of rotatable bonds is 4. The van der Waals surface area contributed by atoms with Gasteiger partial charge in [0.1, 0.15) is 11.9 Å². The maximum Gasteiger partial charge on any atom is 0.351 e. The van der Waals surface area contributed by atoms with Gasteiger partial charge in [0.25, 0.3) is 0 Å². The molecule has 1 aliphatic heterocycles. The summed E-state index contributed by atoms with van der Waals surface area (Å²) in [4.78, 5) is 24.6. The summed E-state index contributed by atoms with van der Waals surface area (Å²) in [6.07, 6.45) is 4.06. The third-order valence-corrected chi connectivity index (χ3v) is 3.35. The van der Waals surface area contributed by atoms with Crippen molar-refractivity contribution in [2.75, 3.05) is 19.0 Å². The molecule has 1 unspecified atom stereocenters. The van der Waals surface area contributed by atoms with Gasteiger partial charge in [-0.3, -0.25) is 4.57 Å². The first-order valence-corrected chi connectivity index (χ1v) is 8.60. The van der Waals surface area contributed by atoms with Crippen LogP contribution in [0.1, 0.15) is 6.23 Å². The highest BCUT2D eigenvalue weighted by molar-refractivity contribution is 8.09. The number of anilines is 1. The lowest BCUT2D eigenvalue weighted by atomic mass is 10.4. The van der Waals surface area contributed by atoms with Crippen molar-refractivity contribution in [1.82, 2.24) is 9.55 Å². The van der Waals surface area contributed by atoms with Gasteiger partial charge < -0.3 is 19.9 Å². The van der Waals surface area contributed by atoms with Crippen molar-refractivity contribution in [1.29, 1.82) is 0 Å². The van der Waals surface area contributed by atoms with E-state index in [9.17, 15) is 9.69 Å². The minimum atomic E-state index is -2.70. The highest BCUT2D eigenvalue weighted by Crippen LogP contribution is 2.37. The van der Waals surface area contributed by atoms with Gasteiger partial charge in [-0.05, 0) is 23.9 Å². The van der Waals surface area contributed by atoms with Crippen LogP contribution in [0, 0.1) is 0 Å². The van der Waals surface area contributed by atoms with E-state index in [1.54, 1.807) is 12.2 Å². The first-order valence-electron chi connectivity index (χ1n) is 5.48. The quantitative estimate of drug-likeness (QED) is 0.606. The fourth-order valence-corrected chi connectivity index (χ4v) is 2.18. The molecular weight excluding hydrogens is 289 g/mol. The van der Waals surface area contributed by atoms with Gasteiger partial charge in [0.2, 0.25) is 0 Å². The summed E-state index contributed by atoms with van der Waals surface area (Å²) in [5, 5.41) is 0. The third kappa shape index (κ3) is 3.95. The molecule has 19 heavy (non-hydrogen) atoms. The summed E-state index contributed by atoms with van der Waals surface area (Å²) in [6.45, 7) is -1.09. The van der Waals surface area contributed by atoms with Crippen LogP contribution in [-0.4, -0.2) is 33.8 Å². The van der Waals surface area contributed by atoms with Crippen molar-refractivity contribution in [3.05, 3.63) is 34.9 Å². The average Bonchev–Trinajstić information content (AvgIpc) is 2.74. The van der Waals surface area contributed by atoms with Crippen LogP contribution in [0.3, 0.4) is 0 Å². The molecule has 0 spiro atoms. The largest absolute Gasteiger partial charge is 0.383 e. The van der Waals surface area contributed by atoms with Gasteiger partial charge in [0, 0.05) is 12.9 Å². The average molecular weight is 303 g/mol. The molecule has 0 bridgehead atoms. The van der Waals surface area contributed by atoms with Crippen LogP contribution < -0.4 is 11.4 Å². The Hall–Kier alpha value is -1.05. The monoisotopic (exact) mass is 303 g/mol. The van der Waals surface area contributed by atoms with Crippen LogP contribution >= 0.6 is 6.49 Å². The lowest BCUT2D eigenvalue weighted by molar-refractivity contribution is -0.00498. The van der Waals surface area contributed by atoms with Gasteiger partial charge in [-0.15, -0.1) is 0 Å². The SMILES string of the molecule is CP(O)(=S)OC[C@@H]1C=C[C@H](n2ccc(N)nc2=O)O1. The summed E-state index contributed by atoms with van der Waals surface area (Å²) >= 11 is 4.76. The first-order chi connectivity index (χ1) is 8.85. The standard InChI is InChI=1S/C10H14N3O4PS/c1-18(15,19)16-6-7-2-3-9(17-7)13-5-4-8(11)12-10(13)14/h2-5,7,9H,6H2,1H3,(H,15,19)(H2,11,12,14)/t7-,9+,18?/m0/s1. The number of aromatic nitrogens is 2. The van der Waals surface area contributed by atoms with Crippen molar-refractivity contribution in [3.8, 4) is 0 Å². The normalized spacial score (nSPS) is 25.4. The lowest BCUT2D eigenvalue weighted by Gasteiger charge is -2.17. The molecule has 1 aromatic rings. The number of nitrogen functional groups attached to an aromatic ring is 1. The van der Waals surface area contributed by atoms with Crippen LogP contribution in [0.5, 0.6) is 0 Å². The third-order valence-electron chi connectivity index (χ3n) is 2.41. The summed E-state index contributed by atoms with van der Waals surface area (Å²) < 4.78 is 12.0. The molecule has 9 heteroatoms. The second kappa shape index (κ2) is 5.52. The molecule has 1 aromatic heterocycles. The van der Waals surface area contributed by atoms with Gasteiger partial charge in [-0.2, -0.15) is 4.98 Å². The molecule has 0 amide bonds. The second-order valence-electron chi connectivity index (χ2n) is 4.09. The zero-order chi connectivity index (χ0) is 14.0. The zero-order valence-corrected chi connectivity index (χ0v) is 11.9. The fraction of sp³-hybridized carbons (Fsp3) is 0.400. The Morgan fingerprint density at radius 2 is 2.42 bits per heavy atom. The Morgan fingerprint density at radius 1 is 1.68 bits per heavy atom. The van der Waals surface area contributed by atoms with Gasteiger partial charge in [0.15, 0.2) is 12.7 Å². The molecule has 2 heterocycles. The molecule has 104 valence electrons. The van der Waals surface area contributed by atoms with Gasteiger partial charge in [0.05, 0.1) is 6.61 Å². The molecule has 0 saturated carbocycles. The Balaban J connectivity index is 2.01. The molecule has 3 atom stereocenters. The van der Waals surface area contributed by atoms with E-state index in [-0.39, 0.29) is 18.5 Å². The van der Waals surface area contributed by atoms with Crippen LogP contribution in [0.4, 0.5) is 5.82 Å². The maximum atomic E-state index is 11.6. The summed E-state index contributed by atoms with van der Waals surface area (Å²) in [7, 11) is 0. The summed E-state index contributed by atoms with van der Waals surface area (Å²) in [5.41, 5.74) is 4.92. The number of hydrogen-bond donors (Lipinski definition) is 2. The van der Waals surface area contributed by atoms with Gasteiger partial charge >= 0.3 is 5.69 Å². The smallest absolute Gasteiger partial charge is 0.351 e. The van der Waals surface area contributed by atoms with E-state index in [0.29, 0.717) is 0 Å². The van der Waals surface area contributed by atoms with Crippen molar-refractivity contribution in [2.24, 2.45) is 0 Å².